The van der Waals surface area contributed by atoms with E-state index in [0.29, 0.717) is 22.1 Å². The lowest BCUT2D eigenvalue weighted by atomic mass is 10.1. The van der Waals surface area contributed by atoms with Gasteiger partial charge < -0.3 is 14.8 Å². The average molecular weight is 616 g/mol. The van der Waals surface area contributed by atoms with E-state index in [1.165, 1.54) is 0 Å². The molecule has 0 spiro atoms. The summed E-state index contributed by atoms with van der Waals surface area (Å²) in [7, 11) is 0. The summed E-state index contributed by atoms with van der Waals surface area (Å²) in [5.74, 6) is 0.267. The first-order chi connectivity index (χ1) is 18.2. The van der Waals surface area contributed by atoms with Crippen molar-refractivity contribution in [3.63, 3.8) is 0 Å². The van der Waals surface area contributed by atoms with Crippen LogP contribution in [0.25, 0.3) is 6.08 Å². The van der Waals surface area contributed by atoms with Gasteiger partial charge in [-0.3, -0.25) is 19.3 Å². The monoisotopic (exact) mass is 614 g/mol. The third-order valence-electron chi connectivity index (χ3n) is 5.56. The second kappa shape index (κ2) is 12.5. The number of imide groups is 1. The summed E-state index contributed by atoms with van der Waals surface area (Å²) in [5, 5.41) is 3.07. The van der Waals surface area contributed by atoms with Gasteiger partial charge in [-0.15, -0.1) is 0 Å². The molecule has 0 saturated carbocycles. The zero-order valence-corrected chi connectivity index (χ0v) is 23.8. The van der Waals surface area contributed by atoms with Crippen molar-refractivity contribution in [3.8, 4) is 11.5 Å². The molecule has 1 fully saturated rings. The molecule has 7 nitrogen and oxygen atoms in total. The second-order valence-corrected chi connectivity index (χ2v) is 10.8. The fraction of sp³-hybridized carbons (Fsp3) is 0.179. The highest BCUT2D eigenvalue weighted by Gasteiger charge is 2.35. The lowest BCUT2D eigenvalue weighted by molar-refractivity contribution is -0.123. The van der Waals surface area contributed by atoms with Gasteiger partial charge >= 0.3 is 0 Å². The van der Waals surface area contributed by atoms with Crippen molar-refractivity contribution in [2.45, 2.75) is 13.8 Å². The summed E-state index contributed by atoms with van der Waals surface area (Å²) in [6.45, 7) is 3.89. The first-order valence-electron chi connectivity index (χ1n) is 11.6. The van der Waals surface area contributed by atoms with E-state index in [-0.39, 0.29) is 35.8 Å². The number of anilines is 1. The van der Waals surface area contributed by atoms with Gasteiger partial charge in [0.05, 0.1) is 11.4 Å². The van der Waals surface area contributed by atoms with E-state index >= 15 is 0 Å². The predicted octanol–water partition coefficient (Wildman–Crippen LogP) is 6.85. The van der Waals surface area contributed by atoms with Crippen LogP contribution in [-0.4, -0.2) is 41.7 Å². The topological polar surface area (TPSA) is 84.9 Å². The molecule has 1 N–H and O–H groups in total. The summed E-state index contributed by atoms with van der Waals surface area (Å²) in [6, 6.07) is 17.9. The maximum atomic E-state index is 13.0. The molecule has 1 saturated heterocycles. The predicted molar refractivity (Wildman–Crippen MR) is 154 cm³/mol. The molecule has 0 bridgehead atoms. The lowest BCUT2D eigenvalue weighted by Gasteiger charge is -2.13. The summed E-state index contributed by atoms with van der Waals surface area (Å²) >= 11 is 10.1. The number of carbonyl (C=O) groups is 3. The van der Waals surface area contributed by atoms with Crippen LogP contribution in [0.1, 0.15) is 16.7 Å². The maximum Gasteiger partial charge on any atom is 0.293 e. The number of carbonyl (C=O) groups excluding carboxylic acids is 3. The van der Waals surface area contributed by atoms with E-state index in [4.69, 9.17) is 21.1 Å². The number of thioether (sulfide) groups is 1. The molecule has 3 amide bonds. The normalized spacial score (nSPS) is 14.2. The highest BCUT2D eigenvalue weighted by atomic mass is 79.9. The van der Waals surface area contributed by atoms with Gasteiger partial charge in [-0.25, -0.2) is 0 Å². The Labute approximate surface area is 238 Å². The first kappa shape index (κ1) is 27.8. The van der Waals surface area contributed by atoms with E-state index in [2.05, 4.69) is 21.2 Å². The van der Waals surface area contributed by atoms with Crippen LogP contribution in [0, 0.1) is 13.8 Å². The summed E-state index contributed by atoms with van der Waals surface area (Å²) in [6.07, 6.45) is 1.59. The number of nitrogens with one attached hydrogen (secondary N) is 1. The molecule has 4 rings (SSSR count). The molecule has 3 aromatic rings. The Hall–Kier alpha value is -3.27. The Morgan fingerprint density at radius 1 is 1.05 bits per heavy atom. The molecule has 1 heterocycles. The van der Waals surface area contributed by atoms with Crippen LogP contribution in [0.5, 0.6) is 11.5 Å². The molecule has 3 aromatic carbocycles. The number of hydrogen-bond donors (Lipinski definition) is 1. The molecule has 0 aromatic heterocycles. The van der Waals surface area contributed by atoms with Crippen molar-refractivity contribution < 1.29 is 23.9 Å². The third kappa shape index (κ3) is 7.18. The first-order valence-corrected chi connectivity index (χ1v) is 13.6. The lowest BCUT2D eigenvalue weighted by Crippen LogP contribution is -2.32. The van der Waals surface area contributed by atoms with Gasteiger partial charge in [0.25, 0.3) is 17.1 Å². The van der Waals surface area contributed by atoms with Crippen molar-refractivity contribution in [1.29, 1.82) is 0 Å². The van der Waals surface area contributed by atoms with Crippen LogP contribution in [0.2, 0.25) is 5.02 Å². The number of ether oxygens (including phenoxy) is 2. The highest BCUT2D eigenvalue weighted by Crippen LogP contribution is 2.35. The molecule has 38 heavy (non-hydrogen) atoms. The van der Waals surface area contributed by atoms with Gasteiger partial charge in [-0.05, 0) is 91.3 Å². The van der Waals surface area contributed by atoms with Crippen LogP contribution < -0.4 is 14.8 Å². The summed E-state index contributed by atoms with van der Waals surface area (Å²) in [4.78, 5) is 39.4. The zero-order valence-electron chi connectivity index (χ0n) is 20.6. The standard InChI is InChI=1S/C28H24BrClN2O5S/c1-17-3-4-18(2)23(13-17)31-26(33)16-37-24-10-5-20(29)14-19(24)15-25-27(34)32(28(35)38-25)11-12-36-22-8-6-21(30)7-9-22/h3-10,13-15H,11-12,16H2,1-2H3,(H,31,33)/b25-15-. The van der Waals surface area contributed by atoms with E-state index < -0.39 is 5.91 Å². The van der Waals surface area contributed by atoms with E-state index in [1.54, 1.807) is 48.5 Å². The van der Waals surface area contributed by atoms with E-state index in [1.807, 2.05) is 32.0 Å². The van der Waals surface area contributed by atoms with Crippen LogP contribution >= 0.6 is 39.3 Å². The minimum atomic E-state index is -0.418. The van der Waals surface area contributed by atoms with Crippen LogP contribution in [0.4, 0.5) is 10.5 Å². The SMILES string of the molecule is Cc1ccc(C)c(NC(=O)COc2ccc(Br)cc2/C=C2\SC(=O)N(CCOc3ccc(Cl)cc3)C2=O)c1. The Bertz CT molecular complexity index is 1410. The van der Waals surface area contributed by atoms with Crippen molar-refractivity contribution in [3.05, 3.63) is 91.8 Å². The molecule has 0 atom stereocenters. The summed E-state index contributed by atoms with van der Waals surface area (Å²) in [5.41, 5.74) is 3.26. The fourth-order valence-corrected chi connectivity index (χ4v) is 4.94. The summed E-state index contributed by atoms with van der Waals surface area (Å²) < 4.78 is 12.2. The van der Waals surface area contributed by atoms with E-state index in [0.717, 1.165) is 37.9 Å². The number of halogens is 2. The molecular weight excluding hydrogens is 592 g/mol. The highest BCUT2D eigenvalue weighted by molar-refractivity contribution is 9.10. The molecule has 0 unspecified atom stereocenters. The van der Waals surface area contributed by atoms with Crippen LogP contribution in [0.3, 0.4) is 0 Å². The molecule has 196 valence electrons. The second-order valence-electron chi connectivity index (χ2n) is 8.47. The van der Waals surface area contributed by atoms with Gasteiger partial charge in [-0.2, -0.15) is 0 Å². The van der Waals surface area contributed by atoms with Crippen LogP contribution in [0.15, 0.2) is 70.0 Å². The Kier molecular flexibility index (Phi) is 9.14. The number of amides is 3. The quantitative estimate of drug-likeness (QED) is 0.265. The van der Waals surface area contributed by atoms with Crippen molar-refractivity contribution in [1.82, 2.24) is 4.90 Å². The number of rotatable bonds is 9. The fourth-order valence-electron chi connectivity index (χ4n) is 3.58. The Balaban J connectivity index is 1.40. The zero-order chi connectivity index (χ0) is 27.2. The number of hydrogen-bond acceptors (Lipinski definition) is 6. The number of nitrogens with zero attached hydrogens (tertiary/aromatic N) is 1. The van der Waals surface area contributed by atoms with Gasteiger partial charge in [0.1, 0.15) is 18.1 Å². The van der Waals surface area contributed by atoms with E-state index in [9.17, 15) is 14.4 Å². The number of aryl methyl sites for hydroxylation is 2. The Morgan fingerprint density at radius 2 is 1.82 bits per heavy atom. The molecule has 0 radical (unpaired) electrons. The smallest absolute Gasteiger partial charge is 0.293 e. The van der Waals surface area contributed by atoms with Gasteiger partial charge in [0.15, 0.2) is 6.61 Å². The van der Waals surface area contributed by atoms with Crippen molar-refractivity contribution in [2.75, 3.05) is 25.1 Å². The maximum absolute atomic E-state index is 13.0. The minimum absolute atomic E-state index is 0.102. The molecular formula is C28H24BrClN2O5S. The molecule has 0 aliphatic carbocycles. The molecule has 1 aliphatic heterocycles. The van der Waals surface area contributed by atoms with Gasteiger partial charge in [0, 0.05) is 20.7 Å². The van der Waals surface area contributed by atoms with Gasteiger partial charge in [-0.1, -0.05) is 39.7 Å². The Morgan fingerprint density at radius 3 is 2.58 bits per heavy atom. The minimum Gasteiger partial charge on any atom is -0.492 e. The molecule has 10 heteroatoms. The van der Waals surface area contributed by atoms with Crippen molar-refractivity contribution >= 4 is 68.1 Å². The molecule has 1 aliphatic rings. The average Bonchev–Trinajstić information content (AvgIpc) is 3.14. The van der Waals surface area contributed by atoms with Gasteiger partial charge in [0.2, 0.25) is 0 Å². The van der Waals surface area contributed by atoms with Crippen molar-refractivity contribution in [2.24, 2.45) is 0 Å². The largest absolute Gasteiger partial charge is 0.492 e. The van der Waals surface area contributed by atoms with Crippen LogP contribution in [-0.2, 0) is 9.59 Å². The third-order valence-corrected chi connectivity index (χ3v) is 7.21. The number of benzene rings is 3.